The highest BCUT2D eigenvalue weighted by Gasteiger charge is 2.32. The lowest BCUT2D eigenvalue weighted by Crippen LogP contribution is -2.48. The Balaban J connectivity index is 0.00000400. The first-order valence-electron chi connectivity index (χ1n) is 7.10. The maximum atomic E-state index is 11.8. The lowest BCUT2D eigenvalue weighted by Gasteiger charge is -2.37. The summed E-state index contributed by atoms with van der Waals surface area (Å²) in [6.07, 6.45) is 2.38. The van der Waals surface area contributed by atoms with Crippen LogP contribution >= 0.6 is 12.4 Å². The molecule has 1 saturated heterocycles. The van der Waals surface area contributed by atoms with Crippen LogP contribution in [0.2, 0.25) is 0 Å². The van der Waals surface area contributed by atoms with Crippen molar-refractivity contribution in [2.24, 2.45) is 5.41 Å². The third-order valence-electron chi connectivity index (χ3n) is 3.64. The quantitative estimate of drug-likeness (QED) is 0.665. The van der Waals surface area contributed by atoms with Crippen molar-refractivity contribution >= 4 is 28.2 Å². The van der Waals surface area contributed by atoms with E-state index in [1.54, 1.807) is 14.0 Å². The van der Waals surface area contributed by atoms with Gasteiger partial charge in [0.25, 0.3) is 0 Å². The molecule has 2 N–H and O–H groups in total. The summed E-state index contributed by atoms with van der Waals surface area (Å²) in [4.78, 5) is 11.8. The van der Waals surface area contributed by atoms with Crippen LogP contribution in [0, 0.1) is 5.41 Å². The summed E-state index contributed by atoms with van der Waals surface area (Å²) in [6.45, 7) is 4.64. The van der Waals surface area contributed by atoms with Crippen LogP contribution in [-0.2, 0) is 19.4 Å². The number of rotatable bonds is 8. The SMILES string of the molecule is CCCS(=O)(=O)CC(=O)NCC1(COC)CCNCC1.Cl. The monoisotopic (exact) mass is 342 g/mol. The molecule has 1 aliphatic rings. The summed E-state index contributed by atoms with van der Waals surface area (Å²) < 4.78 is 28.5. The number of carbonyl (C=O) groups is 1. The normalized spacial score (nSPS) is 17.8. The molecular formula is C13H27ClN2O4S. The zero-order valence-corrected chi connectivity index (χ0v) is 14.4. The van der Waals surface area contributed by atoms with Gasteiger partial charge >= 0.3 is 0 Å². The van der Waals surface area contributed by atoms with Gasteiger partial charge in [0, 0.05) is 19.1 Å². The molecule has 1 aliphatic heterocycles. The number of piperidine rings is 1. The zero-order valence-electron chi connectivity index (χ0n) is 12.8. The fraction of sp³-hybridized carbons (Fsp3) is 0.923. The first-order valence-corrected chi connectivity index (χ1v) is 8.92. The maximum Gasteiger partial charge on any atom is 0.235 e. The topological polar surface area (TPSA) is 84.5 Å². The smallest absolute Gasteiger partial charge is 0.235 e. The maximum absolute atomic E-state index is 11.8. The van der Waals surface area contributed by atoms with Gasteiger partial charge in [-0.3, -0.25) is 4.79 Å². The van der Waals surface area contributed by atoms with E-state index in [4.69, 9.17) is 4.74 Å². The predicted octanol–water partition coefficient (Wildman–Crippen LogP) is 0.365. The van der Waals surface area contributed by atoms with Gasteiger partial charge in [-0.15, -0.1) is 12.4 Å². The summed E-state index contributed by atoms with van der Waals surface area (Å²) in [5.41, 5.74) is -0.0792. The van der Waals surface area contributed by atoms with E-state index in [-0.39, 0.29) is 23.6 Å². The Labute approximate surface area is 133 Å². The van der Waals surface area contributed by atoms with Gasteiger partial charge in [0.15, 0.2) is 9.84 Å². The van der Waals surface area contributed by atoms with Crippen molar-refractivity contribution in [1.29, 1.82) is 0 Å². The van der Waals surface area contributed by atoms with Crippen LogP contribution in [0.4, 0.5) is 0 Å². The molecular weight excluding hydrogens is 316 g/mol. The molecule has 21 heavy (non-hydrogen) atoms. The van der Waals surface area contributed by atoms with Crippen LogP contribution in [0.1, 0.15) is 26.2 Å². The van der Waals surface area contributed by atoms with Crippen LogP contribution in [0.5, 0.6) is 0 Å². The van der Waals surface area contributed by atoms with Crippen LogP contribution < -0.4 is 10.6 Å². The van der Waals surface area contributed by atoms with E-state index >= 15 is 0 Å². The van der Waals surface area contributed by atoms with E-state index < -0.39 is 21.5 Å². The van der Waals surface area contributed by atoms with Crippen LogP contribution in [0.25, 0.3) is 0 Å². The molecule has 1 amide bonds. The Hall–Kier alpha value is -0.370. The van der Waals surface area contributed by atoms with Gasteiger partial charge in [-0.25, -0.2) is 8.42 Å². The number of amides is 1. The predicted molar refractivity (Wildman–Crippen MR) is 85.6 cm³/mol. The van der Waals surface area contributed by atoms with Gasteiger partial charge in [-0.05, 0) is 32.4 Å². The molecule has 1 rings (SSSR count). The molecule has 1 heterocycles. The van der Waals surface area contributed by atoms with E-state index in [0.29, 0.717) is 19.6 Å². The number of carbonyl (C=O) groups excluding carboxylic acids is 1. The number of sulfone groups is 1. The number of methoxy groups -OCH3 is 1. The Morgan fingerprint density at radius 2 is 1.95 bits per heavy atom. The van der Waals surface area contributed by atoms with Crippen molar-refractivity contribution in [2.75, 3.05) is 44.9 Å². The Bertz CT molecular complexity index is 403. The number of nitrogens with one attached hydrogen (secondary N) is 2. The number of ether oxygens (including phenoxy) is 1. The average molecular weight is 343 g/mol. The van der Waals surface area contributed by atoms with Gasteiger partial charge in [-0.2, -0.15) is 0 Å². The number of halogens is 1. The zero-order chi connectivity index (χ0) is 15.1. The Morgan fingerprint density at radius 1 is 1.33 bits per heavy atom. The second-order valence-electron chi connectivity index (χ2n) is 5.55. The van der Waals surface area contributed by atoms with Crippen molar-refractivity contribution in [3.63, 3.8) is 0 Å². The van der Waals surface area contributed by atoms with Crippen LogP contribution in [0.3, 0.4) is 0 Å². The largest absolute Gasteiger partial charge is 0.384 e. The first kappa shape index (κ1) is 20.6. The Kier molecular flexibility index (Phi) is 9.44. The third kappa shape index (κ3) is 7.44. The number of hydrogen-bond donors (Lipinski definition) is 2. The molecule has 0 aromatic carbocycles. The molecule has 8 heteroatoms. The number of hydrogen-bond acceptors (Lipinski definition) is 5. The van der Waals surface area contributed by atoms with E-state index in [1.165, 1.54) is 0 Å². The second-order valence-corrected chi connectivity index (χ2v) is 7.74. The lowest BCUT2D eigenvalue weighted by molar-refractivity contribution is -0.119. The van der Waals surface area contributed by atoms with E-state index in [9.17, 15) is 13.2 Å². The average Bonchev–Trinajstić information content (AvgIpc) is 2.37. The fourth-order valence-electron chi connectivity index (χ4n) is 2.56. The third-order valence-corrected chi connectivity index (χ3v) is 5.37. The minimum Gasteiger partial charge on any atom is -0.384 e. The van der Waals surface area contributed by atoms with Crippen molar-refractivity contribution in [3.05, 3.63) is 0 Å². The standard InChI is InChI=1S/C13H26N2O4S.ClH/c1-3-8-20(17,18)9-12(16)15-10-13(11-19-2)4-6-14-7-5-13;/h14H,3-11H2,1-2H3,(H,15,16);1H. The summed E-state index contributed by atoms with van der Waals surface area (Å²) >= 11 is 0. The van der Waals surface area contributed by atoms with Crippen LogP contribution in [-0.4, -0.2) is 59.2 Å². The van der Waals surface area contributed by atoms with Gasteiger partial charge in [0.2, 0.25) is 5.91 Å². The molecule has 0 aromatic heterocycles. The summed E-state index contributed by atoms with van der Waals surface area (Å²) in [6, 6.07) is 0. The fourth-order valence-corrected chi connectivity index (χ4v) is 3.82. The molecule has 0 bridgehead atoms. The molecule has 0 saturated carbocycles. The van der Waals surface area contributed by atoms with Crippen LogP contribution in [0.15, 0.2) is 0 Å². The van der Waals surface area contributed by atoms with Crippen molar-refractivity contribution in [3.8, 4) is 0 Å². The van der Waals surface area contributed by atoms with E-state index in [0.717, 1.165) is 25.9 Å². The van der Waals surface area contributed by atoms with Gasteiger partial charge < -0.3 is 15.4 Å². The molecule has 6 nitrogen and oxygen atoms in total. The molecule has 0 spiro atoms. The molecule has 0 aromatic rings. The summed E-state index contributed by atoms with van der Waals surface area (Å²) in [5.74, 6) is -0.761. The summed E-state index contributed by atoms with van der Waals surface area (Å²) in [7, 11) is -1.62. The highest BCUT2D eigenvalue weighted by Crippen LogP contribution is 2.28. The molecule has 1 fully saturated rings. The molecule has 126 valence electrons. The first-order chi connectivity index (χ1) is 9.43. The van der Waals surface area contributed by atoms with Crippen molar-refractivity contribution < 1.29 is 17.9 Å². The minimum atomic E-state index is -3.27. The minimum absolute atomic E-state index is 0. The van der Waals surface area contributed by atoms with Crippen molar-refractivity contribution in [2.45, 2.75) is 26.2 Å². The van der Waals surface area contributed by atoms with Crippen molar-refractivity contribution in [1.82, 2.24) is 10.6 Å². The second kappa shape index (κ2) is 9.61. The molecule has 0 aliphatic carbocycles. The van der Waals surface area contributed by atoms with Gasteiger partial charge in [0.1, 0.15) is 5.75 Å². The molecule has 0 atom stereocenters. The highest BCUT2D eigenvalue weighted by atomic mass is 35.5. The van der Waals surface area contributed by atoms with Gasteiger partial charge in [-0.1, -0.05) is 6.92 Å². The van der Waals surface area contributed by atoms with Gasteiger partial charge in [0.05, 0.1) is 12.4 Å². The summed E-state index contributed by atoms with van der Waals surface area (Å²) in [5, 5.41) is 6.04. The molecule has 0 unspecified atom stereocenters. The molecule has 0 radical (unpaired) electrons. The lowest BCUT2D eigenvalue weighted by atomic mass is 9.79. The Morgan fingerprint density at radius 3 is 2.48 bits per heavy atom. The van der Waals surface area contributed by atoms with E-state index in [1.807, 2.05) is 0 Å². The van der Waals surface area contributed by atoms with E-state index in [2.05, 4.69) is 10.6 Å². The highest BCUT2D eigenvalue weighted by molar-refractivity contribution is 7.92.